The Morgan fingerprint density at radius 2 is 2.25 bits per heavy atom. The Kier molecular flexibility index (Phi) is 3.47. The molecule has 0 atom stereocenters. The van der Waals surface area contributed by atoms with Crippen molar-refractivity contribution in [3.63, 3.8) is 0 Å². The van der Waals surface area contributed by atoms with Gasteiger partial charge in [0.05, 0.1) is 13.7 Å². The van der Waals surface area contributed by atoms with E-state index in [0.29, 0.717) is 18.9 Å². The highest BCUT2D eigenvalue weighted by atomic mass is 16.5. The molecule has 0 spiro atoms. The van der Waals surface area contributed by atoms with E-state index < -0.39 is 0 Å². The number of rotatable bonds is 4. The third kappa shape index (κ3) is 2.47. The van der Waals surface area contributed by atoms with Crippen molar-refractivity contribution in [2.24, 2.45) is 0 Å². The van der Waals surface area contributed by atoms with E-state index in [1.165, 1.54) is 0 Å². The molecule has 0 saturated carbocycles. The Morgan fingerprint density at radius 1 is 1.42 bits per heavy atom. The standard InChI is InChI=1S/C8H12N2O2/c1-11-6-4-7-9-5-3-8(10-7)12-2/h3,5H,4,6H2,1-2H3. The first-order valence-electron chi connectivity index (χ1n) is 3.71. The molecule has 0 aliphatic carbocycles. The maximum Gasteiger partial charge on any atom is 0.216 e. The van der Waals surface area contributed by atoms with Crippen LogP contribution in [0.1, 0.15) is 5.82 Å². The molecule has 1 heterocycles. The highest BCUT2D eigenvalue weighted by Gasteiger charge is 1.97. The second-order valence-corrected chi connectivity index (χ2v) is 2.26. The van der Waals surface area contributed by atoms with E-state index in [1.54, 1.807) is 26.5 Å². The second-order valence-electron chi connectivity index (χ2n) is 2.26. The number of methoxy groups -OCH3 is 2. The first-order chi connectivity index (χ1) is 5.86. The molecule has 12 heavy (non-hydrogen) atoms. The summed E-state index contributed by atoms with van der Waals surface area (Å²) in [6.07, 6.45) is 2.39. The molecule has 0 radical (unpaired) electrons. The fraction of sp³-hybridized carbons (Fsp3) is 0.500. The van der Waals surface area contributed by atoms with Gasteiger partial charge in [-0.05, 0) is 0 Å². The molecule has 0 unspecified atom stereocenters. The van der Waals surface area contributed by atoms with Gasteiger partial charge in [0.2, 0.25) is 5.88 Å². The lowest BCUT2D eigenvalue weighted by molar-refractivity contribution is 0.200. The number of hydrogen-bond donors (Lipinski definition) is 0. The van der Waals surface area contributed by atoms with Crippen molar-refractivity contribution in [2.75, 3.05) is 20.8 Å². The van der Waals surface area contributed by atoms with Crippen molar-refractivity contribution in [3.05, 3.63) is 18.1 Å². The molecule has 0 aliphatic heterocycles. The van der Waals surface area contributed by atoms with Gasteiger partial charge in [-0.1, -0.05) is 0 Å². The van der Waals surface area contributed by atoms with Crippen LogP contribution in [-0.2, 0) is 11.2 Å². The molecule has 0 N–H and O–H groups in total. The van der Waals surface area contributed by atoms with Crippen LogP contribution < -0.4 is 4.74 Å². The van der Waals surface area contributed by atoms with Crippen molar-refractivity contribution in [1.82, 2.24) is 9.97 Å². The molecule has 4 heteroatoms. The molecule has 66 valence electrons. The van der Waals surface area contributed by atoms with Gasteiger partial charge >= 0.3 is 0 Å². The molecule has 0 amide bonds. The molecule has 1 rings (SSSR count). The highest BCUT2D eigenvalue weighted by molar-refractivity contribution is 5.08. The van der Waals surface area contributed by atoms with E-state index in [4.69, 9.17) is 9.47 Å². The molecule has 1 aromatic rings. The van der Waals surface area contributed by atoms with Gasteiger partial charge in [-0.2, -0.15) is 4.98 Å². The van der Waals surface area contributed by atoms with Crippen LogP contribution in [0.5, 0.6) is 5.88 Å². The molecule has 0 saturated heterocycles. The van der Waals surface area contributed by atoms with Gasteiger partial charge in [-0.15, -0.1) is 0 Å². The molecule has 0 bridgehead atoms. The van der Waals surface area contributed by atoms with Crippen molar-refractivity contribution in [3.8, 4) is 5.88 Å². The lowest BCUT2D eigenvalue weighted by Crippen LogP contribution is -2.01. The number of aromatic nitrogens is 2. The van der Waals surface area contributed by atoms with Crippen LogP contribution in [0.15, 0.2) is 12.3 Å². The summed E-state index contributed by atoms with van der Waals surface area (Å²) in [6.45, 7) is 0.632. The summed E-state index contributed by atoms with van der Waals surface area (Å²) in [5, 5.41) is 0. The summed E-state index contributed by atoms with van der Waals surface area (Å²) in [7, 11) is 3.24. The van der Waals surface area contributed by atoms with E-state index in [-0.39, 0.29) is 0 Å². The smallest absolute Gasteiger partial charge is 0.216 e. The van der Waals surface area contributed by atoms with Gasteiger partial charge in [-0.25, -0.2) is 4.98 Å². The van der Waals surface area contributed by atoms with Crippen LogP contribution in [0, 0.1) is 0 Å². The zero-order valence-electron chi connectivity index (χ0n) is 7.28. The number of hydrogen-bond acceptors (Lipinski definition) is 4. The maximum absolute atomic E-state index is 4.94. The number of ether oxygens (including phenoxy) is 2. The van der Waals surface area contributed by atoms with Crippen LogP contribution in [0.2, 0.25) is 0 Å². The number of nitrogens with zero attached hydrogens (tertiary/aromatic N) is 2. The average molecular weight is 168 g/mol. The predicted octanol–water partition coefficient (Wildman–Crippen LogP) is 0.674. The summed E-state index contributed by atoms with van der Waals surface area (Å²) in [5.41, 5.74) is 0. The van der Waals surface area contributed by atoms with Gasteiger partial charge in [0, 0.05) is 25.8 Å². The average Bonchev–Trinajstić information content (AvgIpc) is 2.15. The SMILES string of the molecule is COCCc1nccc(OC)n1. The van der Waals surface area contributed by atoms with Crippen LogP contribution in [0.3, 0.4) is 0 Å². The fourth-order valence-electron chi connectivity index (χ4n) is 0.808. The van der Waals surface area contributed by atoms with E-state index in [0.717, 1.165) is 5.82 Å². The van der Waals surface area contributed by atoms with Crippen LogP contribution >= 0.6 is 0 Å². The lowest BCUT2D eigenvalue weighted by Gasteiger charge is -2.00. The first-order valence-corrected chi connectivity index (χ1v) is 3.71. The third-order valence-corrected chi connectivity index (χ3v) is 1.42. The minimum absolute atomic E-state index is 0.594. The molecule has 4 nitrogen and oxygen atoms in total. The van der Waals surface area contributed by atoms with Gasteiger partial charge in [-0.3, -0.25) is 0 Å². The minimum Gasteiger partial charge on any atom is -0.481 e. The molecule has 0 aliphatic rings. The predicted molar refractivity (Wildman–Crippen MR) is 44.2 cm³/mol. The largest absolute Gasteiger partial charge is 0.481 e. The summed E-state index contributed by atoms with van der Waals surface area (Å²) < 4.78 is 9.84. The Balaban J connectivity index is 2.60. The highest BCUT2D eigenvalue weighted by Crippen LogP contribution is 2.03. The molecule has 0 aromatic carbocycles. The normalized spacial score (nSPS) is 9.83. The van der Waals surface area contributed by atoms with E-state index in [9.17, 15) is 0 Å². The van der Waals surface area contributed by atoms with Crippen molar-refractivity contribution in [1.29, 1.82) is 0 Å². The fourth-order valence-corrected chi connectivity index (χ4v) is 0.808. The van der Waals surface area contributed by atoms with Gasteiger partial charge in [0.25, 0.3) is 0 Å². The van der Waals surface area contributed by atoms with Crippen LogP contribution in [0.4, 0.5) is 0 Å². The molecular formula is C8H12N2O2. The van der Waals surface area contributed by atoms with Gasteiger partial charge < -0.3 is 9.47 Å². The molecule has 0 fully saturated rings. The summed E-state index contributed by atoms with van der Waals surface area (Å²) >= 11 is 0. The lowest BCUT2D eigenvalue weighted by atomic mass is 10.4. The van der Waals surface area contributed by atoms with E-state index in [2.05, 4.69) is 9.97 Å². The van der Waals surface area contributed by atoms with Crippen LogP contribution in [0.25, 0.3) is 0 Å². The third-order valence-electron chi connectivity index (χ3n) is 1.42. The van der Waals surface area contributed by atoms with Crippen LogP contribution in [-0.4, -0.2) is 30.8 Å². The van der Waals surface area contributed by atoms with Gasteiger partial charge in [0.15, 0.2) is 0 Å². The minimum atomic E-state index is 0.594. The Morgan fingerprint density at radius 3 is 2.92 bits per heavy atom. The summed E-state index contributed by atoms with van der Waals surface area (Å²) in [6, 6.07) is 1.72. The molecule has 1 aromatic heterocycles. The van der Waals surface area contributed by atoms with E-state index >= 15 is 0 Å². The quantitative estimate of drug-likeness (QED) is 0.663. The topological polar surface area (TPSA) is 44.2 Å². The zero-order chi connectivity index (χ0) is 8.81. The van der Waals surface area contributed by atoms with Crippen molar-refractivity contribution in [2.45, 2.75) is 6.42 Å². The van der Waals surface area contributed by atoms with Gasteiger partial charge in [0.1, 0.15) is 5.82 Å². The summed E-state index contributed by atoms with van der Waals surface area (Å²) in [4.78, 5) is 8.17. The molecular weight excluding hydrogens is 156 g/mol. The summed E-state index contributed by atoms with van der Waals surface area (Å²) in [5.74, 6) is 1.34. The van der Waals surface area contributed by atoms with Crippen molar-refractivity contribution >= 4 is 0 Å². The second kappa shape index (κ2) is 4.66. The Labute approximate surface area is 71.6 Å². The first kappa shape index (κ1) is 8.93. The Hall–Kier alpha value is -1.16. The Bertz CT molecular complexity index is 240. The van der Waals surface area contributed by atoms with Crippen molar-refractivity contribution < 1.29 is 9.47 Å². The maximum atomic E-state index is 4.94. The monoisotopic (exact) mass is 168 g/mol. The van der Waals surface area contributed by atoms with E-state index in [1.807, 2.05) is 0 Å². The zero-order valence-corrected chi connectivity index (χ0v) is 7.28.